The van der Waals surface area contributed by atoms with Gasteiger partial charge in [0.1, 0.15) is 5.60 Å². The van der Waals surface area contributed by atoms with Gasteiger partial charge in [-0.05, 0) is 47.0 Å². The van der Waals surface area contributed by atoms with Gasteiger partial charge in [-0.1, -0.05) is 0 Å². The first-order chi connectivity index (χ1) is 7.17. The highest BCUT2D eigenvalue weighted by molar-refractivity contribution is 5.70. The third-order valence-electron chi connectivity index (χ3n) is 3.72. The van der Waals surface area contributed by atoms with Crippen molar-refractivity contribution in [1.82, 2.24) is 5.32 Å². The second kappa shape index (κ2) is 3.13. The number of carbonyl (C=O) groups excluding carboxylic acids is 1. The van der Waals surface area contributed by atoms with Gasteiger partial charge in [0.05, 0.1) is 6.10 Å². The average Bonchev–Trinajstić information content (AvgIpc) is 1.88. The molecule has 2 bridgehead atoms. The van der Waals surface area contributed by atoms with Crippen LogP contribution in [0.3, 0.4) is 0 Å². The van der Waals surface area contributed by atoms with Crippen LogP contribution < -0.4 is 5.32 Å². The summed E-state index contributed by atoms with van der Waals surface area (Å²) in [6.45, 7) is 7.39. The number of hydrogen-bond donors (Lipinski definition) is 2. The van der Waals surface area contributed by atoms with Gasteiger partial charge in [-0.3, -0.25) is 0 Å². The summed E-state index contributed by atoms with van der Waals surface area (Å²) in [5.74, 6) is 0. The largest absolute Gasteiger partial charge is 0.444 e. The molecule has 3 aliphatic carbocycles. The zero-order valence-electron chi connectivity index (χ0n) is 10.5. The molecule has 0 aliphatic heterocycles. The quantitative estimate of drug-likeness (QED) is 0.756. The highest BCUT2D eigenvalue weighted by atomic mass is 16.6. The van der Waals surface area contributed by atoms with Crippen molar-refractivity contribution in [3.8, 4) is 0 Å². The van der Waals surface area contributed by atoms with E-state index < -0.39 is 5.60 Å². The monoisotopic (exact) mass is 227 g/mol. The topological polar surface area (TPSA) is 58.6 Å². The first-order valence-electron chi connectivity index (χ1n) is 5.86. The number of aliphatic hydroxyl groups excluding tert-OH is 1. The second-order valence-electron chi connectivity index (χ2n) is 6.48. The molecule has 0 heterocycles. The molecule has 3 aliphatic rings. The molecular formula is C12H21NO3. The Morgan fingerprint density at radius 1 is 1.38 bits per heavy atom. The van der Waals surface area contributed by atoms with E-state index in [1.54, 1.807) is 0 Å². The van der Waals surface area contributed by atoms with Crippen molar-refractivity contribution in [2.45, 2.75) is 64.2 Å². The number of alkyl carbamates (subject to hydrolysis) is 1. The van der Waals surface area contributed by atoms with Crippen LogP contribution in [-0.2, 0) is 4.74 Å². The maximum absolute atomic E-state index is 11.6. The third-order valence-corrected chi connectivity index (χ3v) is 3.72. The Morgan fingerprint density at radius 3 is 2.25 bits per heavy atom. The Balaban J connectivity index is 1.81. The van der Waals surface area contributed by atoms with E-state index in [4.69, 9.17) is 4.74 Å². The standard InChI is InChI=1S/C12H21NO3/c1-8(14)11-5-12(6-11,7-11)13-9(15)16-10(2,3)4/h8,14H,5-7H2,1-4H3,(H,13,15). The van der Waals surface area contributed by atoms with Gasteiger partial charge in [0.2, 0.25) is 0 Å². The lowest BCUT2D eigenvalue weighted by atomic mass is 9.38. The molecule has 0 saturated heterocycles. The van der Waals surface area contributed by atoms with Gasteiger partial charge in [-0.2, -0.15) is 0 Å². The van der Waals surface area contributed by atoms with Crippen molar-refractivity contribution in [2.75, 3.05) is 0 Å². The molecule has 0 aromatic rings. The summed E-state index contributed by atoms with van der Waals surface area (Å²) >= 11 is 0. The Hall–Kier alpha value is -0.770. The second-order valence-corrected chi connectivity index (χ2v) is 6.48. The maximum Gasteiger partial charge on any atom is 0.408 e. The molecule has 3 fully saturated rings. The van der Waals surface area contributed by atoms with Crippen molar-refractivity contribution in [1.29, 1.82) is 0 Å². The summed E-state index contributed by atoms with van der Waals surface area (Å²) in [5, 5.41) is 12.5. The van der Waals surface area contributed by atoms with E-state index in [-0.39, 0.29) is 23.2 Å². The van der Waals surface area contributed by atoms with Gasteiger partial charge in [0.25, 0.3) is 0 Å². The zero-order valence-corrected chi connectivity index (χ0v) is 10.5. The Kier molecular flexibility index (Phi) is 2.29. The van der Waals surface area contributed by atoms with E-state index in [1.807, 2.05) is 27.7 Å². The van der Waals surface area contributed by atoms with Crippen LogP contribution in [0, 0.1) is 5.41 Å². The van der Waals surface area contributed by atoms with Gasteiger partial charge in [0, 0.05) is 11.0 Å². The lowest BCUT2D eigenvalue weighted by Crippen LogP contribution is -2.77. The van der Waals surface area contributed by atoms with E-state index in [0.29, 0.717) is 0 Å². The molecule has 2 N–H and O–H groups in total. The highest BCUT2D eigenvalue weighted by Gasteiger charge is 2.70. The summed E-state index contributed by atoms with van der Waals surface area (Å²) in [6.07, 6.45) is 2.05. The van der Waals surface area contributed by atoms with Crippen LogP contribution in [-0.4, -0.2) is 28.4 Å². The van der Waals surface area contributed by atoms with E-state index in [0.717, 1.165) is 19.3 Å². The van der Waals surface area contributed by atoms with Crippen LogP contribution in [0.1, 0.15) is 47.0 Å². The minimum absolute atomic E-state index is 0.0784. The lowest BCUT2D eigenvalue weighted by Gasteiger charge is -2.71. The van der Waals surface area contributed by atoms with Crippen molar-refractivity contribution < 1.29 is 14.6 Å². The summed E-state index contributed by atoms with van der Waals surface area (Å²) in [5.41, 5.74) is -0.454. The fourth-order valence-corrected chi connectivity index (χ4v) is 2.96. The van der Waals surface area contributed by atoms with Crippen LogP contribution in [0.4, 0.5) is 4.79 Å². The first-order valence-corrected chi connectivity index (χ1v) is 5.86. The fourth-order valence-electron chi connectivity index (χ4n) is 2.96. The maximum atomic E-state index is 11.6. The predicted octanol–water partition coefficient (Wildman–Crippen LogP) is 1.81. The number of aliphatic hydroxyl groups is 1. The summed E-state index contributed by atoms with van der Waals surface area (Å²) < 4.78 is 5.21. The number of carbonyl (C=O) groups is 1. The molecule has 4 heteroatoms. The minimum atomic E-state index is -0.449. The Labute approximate surface area is 96.4 Å². The van der Waals surface area contributed by atoms with Crippen LogP contribution in [0.2, 0.25) is 0 Å². The van der Waals surface area contributed by atoms with Gasteiger partial charge in [0.15, 0.2) is 0 Å². The molecule has 3 rings (SSSR count). The van der Waals surface area contributed by atoms with E-state index in [9.17, 15) is 9.90 Å². The number of hydrogen-bond acceptors (Lipinski definition) is 3. The Bertz CT molecular complexity index is 297. The first kappa shape index (κ1) is 11.7. The van der Waals surface area contributed by atoms with Gasteiger partial charge in [-0.25, -0.2) is 4.79 Å². The van der Waals surface area contributed by atoms with Crippen molar-refractivity contribution in [3.05, 3.63) is 0 Å². The van der Waals surface area contributed by atoms with Gasteiger partial charge >= 0.3 is 6.09 Å². The summed E-state index contributed by atoms with van der Waals surface area (Å²) in [4.78, 5) is 11.6. The molecule has 4 nitrogen and oxygen atoms in total. The van der Waals surface area contributed by atoms with Crippen LogP contribution in [0.15, 0.2) is 0 Å². The van der Waals surface area contributed by atoms with Gasteiger partial charge in [-0.15, -0.1) is 0 Å². The van der Waals surface area contributed by atoms with E-state index in [1.165, 1.54) is 0 Å². The van der Waals surface area contributed by atoms with Gasteiger partial charge < -0.3 is 15.2 Å². The van der Waals surface area contributed by atoms with Crippen molar-refractivity contribution in [3.63, 3.8) is 0 Å². The predicted molar refractivity (Wildman–Crippen MR) is 60.1 cm³/mol. The fraction of sp³-hybridized carbons (Fsp3) is 0.917. The number of amides is 1. The highest BCUT2D eigenvalue weighted by Crippen LogP contribution is 2.68. The minimum Gasteiger partial charge on any atom is -0.444 e. The van der Waals surface area contributed by atoms with E-state index >= 15 is 0 Å². The molecule has 16 heavy (non-hydrogen) atoms. The molecule has 0 spiro atoms. The van der Waals surface area contributed by atoms with Crippen LogP contribution in [0.5, 0.6) is 0 Å². The normalized spacial score (nSPS) is 38.1. The molecule has 3 saturated carbocycles. The number of nitrogens with one attached hydrogen (secondary N) is 1. The summed E-state index contributed by atoms with van der Waals surface area (Å²) in [6, 6.07) is 0. The average molecular weight is 227 g/mol. The zero-order chi connectivity index (χ0) is 12.2. The third kappa shape index (κ3) is 1.79. The molecule has 0 aromatic heterocycles. The molecule has 1 unspecified atom stereocenters. The molecule has 1 amide bonds. The molecule has 0 radical (unpaired) electrons. The molecule has 92 valence electrons. The molecule has 1 atom stereocenters. The van der Waals surface area contributed by atoms with Crippen LogP contribution in [0.25, 0.3) is 0 Å². The number of ether oxygens (including phenoxy) is 1. The van der Waals surface area contributed by atoms with E-state index in [2.05, 4.69) is 5.32 Å². The number of rotatable bonds is 2. The SMILES string of the molecule is CC(O)C12CC(NC(=O)OC(C)(C)C)(C1)C2. The van der Waals surface area contributed by atoms with Crippen molar-refractivity contribution >= 4 is 6.09 Å². The summed E-state index contributed by atoms with van der Waals surface area (Å²) in [7, 11) is 0. The van der Waals surface area contributed by atoms with Crippen LogP contribution >= 0.6 is 0 Å². The molecule has 0 aromatic carbocycles. The molecular weight excluding hydrogens is 206 g/mol. The Morgan fingerprint density at radius 2 is 1.88 bits per heavy atom. The van der Waals surface area contributed by atoms with Crippen molar-refractivity contribution in [2.24, 2.45) is 5.41 Å². The smallest absolute Gasteiger partial charge is 0.408 e. The lowest BCUT2D eigenvalue weighted by molar-refractivity contribution is -0.206.